The second-order valence-electron chi connectivity index (χ2n) is 3.37. The van der Waals surface area contributed by atoms with E-state index in [4.69, 9.17) is 5.11 Å². The molecule has 8 nitrogen and oxygen atoms in total. The van der Waals surface area contributed by atoms with E-state index in [9.17, 15) is 9.59 Å². The average Bonchev–Trinajstić information content (AvgIpc) is 2.73. The molecule has 0 saturated heterocycles. The Kier molecular flexibility index (Phi) is 5.08. The molecule has 1 aromatic heterocycles. The third-order valence-electron chi connectivity index (χ3n) is 1.84. The molecule has 0 saturated carbocycles. The highest BCUT2D eigenvalue weighted by Crippen LogP contribution is 1.91. The number of nitrogens with one attached hydrogen (secondary N) is 2. The molecule has 0 spiro atoms. The fourth-order valence-corrected chi connectivity index (χ4v) is 1.08. The predicted octanol–water partition coefficient (Wildman–Crippen LogP) is -0.994. The van der Waals surface area contributed by atoms with Crippen LogP contribution in [-0.2, 0) is 17.9 Å². The van der Waals surface area contributed by atoms with E-state index in [1.165, 1.54) is 10.9 Å². The van der Waals surface area contributed by atoms with E-state index in [1.54, 1.807) is 0 Å². The van der Waals surface area contributed by atoms with Gasteiger partial charge in [0.1, 0.15) is 12.2 Å². The molecule has 94 valence electrons. The summed E-state index contributed by atoms with van der Waals surface area (Å²) in [5.41, 5.74) is 0.369. The standard InChI is InChI=1S/C9H15N5O3/c1-2-3-10-9(17)11-8(16)5-14-4-7(6-15)12-13-14/h4,15H,2-3,5-6H2,1H3,(H2,10,11,16,17). The molecule has 17 heavy (non-hydrogen) atoms. The van der Waals surface area contributed by atoms with Crippen LogP contribution in [0.1, 0.15) is 19.0 Å². The van der Waals surface area contributed by atoms with Crippen LogP contribution in [0.3, 0.4) is 0 Å². The van der Waals surface area contributed by atoms with E-state index in [1.807, 2.05) is 6.92 Å². The van der Waals surface area contributed by atoms with Crippen molar-refractivity contribution >= 4 is 11.9 Å². The van der Waals surface area contributed by atoms with Crippen LogP contribution in [0.5, 0.6) is 0 Å². The van der Waals surface area contributed by atoms with E-state index in [0.717, 1.165) is 6.42 Å². The van der Waals surface area contributed by atoms with Gasteiger partial charge in [-0.3, -0.25) is 10.1 Å². The molecular formula is C9H15N5O3. The monoisotopic (exact) mass is 241 g/mol. The van der Waals surface area contributed by atoms with Crippen molar-refractivity contribution in [3.63, 3.8) is 0 Å². The van der Waals surface area contributed by atoms with Crippen molar-refractivity contribution in [3.05, 3.63) is 11.9 Å². The van der Waals surface area contributed by atoms with E-state index in [-0.39, 0.29) is 13.2 Å². The van der Waals surface area contributed by atoms with Crippen LogP contribution in [0.25, 0.3) is 0 Å². The van der Waals surface area contributed by atoms with Crippen molar-refractivity contribution in [2.45, 2.75) is 26.5 Å². The molecule has 0 aliphatic heterocycles. The number of nitrogens with zero attached hydrogens (tertiary/aromatic N) is 3. The number of carbonyl (C=O) groups excluding carboxylic acids is 2. The smallest absolute Gasteiger partial charge is 0.321 e. The Morgan fingerprint density at radius 2 is 2.29 bits per heavy atom. The first-order valence-electron chi connectivity index (χ1n) is 5.23. The molecule has 0 aliphatic rings. The number of urea groups is 1. The Hall–Kier alpha value is -1.96. The van der Waals surface area contributed by atoms with Gasteiger partial charge in [-0.25, -0.2) is 9.48 Å². The SMILES string of the molecule is CCCNC(=O)NC(=O)Cn1cc(CO)nn1. The normalized spacial score (nSPS) is 10.0. The lowest BCUT2D eigenvalue weighted by atomic mass is 10.5. The van der Waals surface area contributed by atoms with Crippen LogP contribution in [0.2, 0.25) is 0 Å². The quantitative estimate of drug-likeness (QED) is 0.613. The van der Waals surface area contributed by atoms with Gasteiger partial charge in [0, 0.05) is 6.54 Å². The lowest BCUT2D eigenvalue weighted by Gasteiger charge is -2.04. The van der Waals surface area contributed by atoms with Gasteiger partial charge in [-0.15, -0.1) is 5.10 Å². The third-order valence-corrected chi connectivity index (χ3v) is 1.84. The lowest BCUT2D eigenvalue weighted by Crippen LogP contribution is -2.41. The molecule has 8 heteroatoms. The molecule has 3 N–H and O–H groups in total. The number of imide groups is 1. The van der Waals surface area contributed by atoms with Gasteiger partial charge in [0.2, 0.25) is 5.91 Å². The molecule has 0 aromatic carbocycles. The molecule has 1 heterocycles. The number of carbonyl (C=O) groups is 2. The van der Waals surface area contributed by atoms with Crippen molar-refractivity contribution in [2.75, 3.05) is 6.54 Å². The molecule has 0 unspecified atom stereocenters. The summed E-state index contributed by atoms with van der Waals surface area (Å²) in [5, 5.41) is 20.6. The van der Waals surface area contributed by atoms with Crippen LogP contribution >= 0.6 is 0 Å². The largest absolute Gasteiger partial charge is 0.390 e. The first-order chi connectivity index (χ1) is 8.15. The van der Waals surface area contributed by atoms with Gasteiger partial charge in [-0.05, 0) is 6.42 Å². The maximum atomic E-state index is 11.4. The maximum Gasteiger partial charge on any atom is 0.321 e. The Morgan fingerprint density at radius 3 is 2.88 bits per heavy atom. The summed E-state index contributed by atoms with van der Waals surface area (Å²) in [7, 11) is 0. The molecular weight excluding hydrogens is 226 g/mol. The minimum atomic E-state index is -0.528. The Bertz CT molecular complexity index is 390. The Morgan fingerprint density at radius 1 is 1.53 bits per heavy atom. The predicted molar refractivity (Wildman–Crippen MR) is 57.8 cm³/mol. The zero-order chi connectivity index (χ0) is 12.7. The van der Waals surface area contributed by atoms with Crippen molar-refractivity contribution in [3.8, 4) is 0 Å². The Labute approximate surface area is 98.0 Å². The van der Waals surface area contributed by atoms with Crippen molar-refractivity contribution in [2.24, 2.45) is 0 Å². The third kappa shape index (κ3) is 4.60. The van der Waals surface area contributed by atoms with E-state index >= 15 is 0 Å². The zero-order valence-electron chi connectivity index (χ0n) is 9.51. The number of amides is 3. The maximum absolute atomic E-state index is 11.4. The topological polar surface area (TPSA) is 109 Å². The summed E-state index contributed by atoms with van der Waals surface area (Å²) < 4.78 is 1.24. The van der Waals surface area contributed by atoms with Gasteiger partial charge in [0.15, 0.2) is 0 Å². The van der Waals surface area contributed by atoms with Crippen LogP contribution in [-0.4, -0.2) is 38.6 Å². The van der Waals surface area contributed by atoms with Crippen LogP contribution in [0.15, 0.2) is 6.20 Å². The van der Waals surface area contributed by atoms with Gasteiger partial charge in [0.05, 0.1) is 12.8 Å². The highest BCUT2D eigenvalue weighted by atomic mass is 16.3. The fraction of sp³-hybridized carbons (Fsp3) is 0.556. The summed E-state index contributed by atoms with van der Waals surface area (Å²) in [4.78, 5) is 22.5. The van der Waals surface area contributed by atoms with Gasteiger partial charge >= 0.3 is 6.03 Å². The first kappa shape index (κ1) is 13.1. The van der Waals surface area contributed by atoms with E-state index in [2.05, 4.69) is 20.9 Å². The first-order valence-corrected chi connectivity index (χ1v) is 5.23. The minimum Gasteiger partial charge on any atom is -0.390 e. The second kappa shape index (κ2) is 6.59. The minimum absolute atomic E-state index is 0.119. The zero-order valence-corrected chi connectivity index (χ0v) is 9.51. The Balaban J connectivity index is 2.36. The van der Waals surface area contributed by atoms with Gasteiger partial charge < -0.3 is 10.4 Å². The molecule has 1 aromatic rings. The fourth-order valence-electron chi connectivity index (χ4n) is 1.08. The van der Waals surface area contributed by atoms with Gasteiger partial charge in [0.25, 0.3) is 0 Å². The van der Waals surface area contributed by atoms with E-state index < -0.39 is 11.9 Å². The summed E-state index contributed by atoms with van der Waals surface area (Å²) >= 11 is 0. The van der Waals surface area contributed by atoms with Crippen molar-refractivity contribution in [1.29, 1.82) is 0 Å². The van der Waals surface area contributed by atoms with E-state index in [0.29, 0.717) is 12.2 Å². The number of hydrogen-bond donors (Lipinski definition) is 3. The molecule has 0 aliphatic carbocycles. The number of rotatable bonds is 5. The van der Waals surface area contributed by atoms with Gasteiger partial charge in [-0.2, -0.15) is 0 Å². The summed E-state index contributed by atoms with van der Waals surface area (Å²) in [6.45, 7) is 2.07. The van der Waals surface area contributed by atoms with Gasteiger partial charge in [-0.1, -0.05) is 12.1 Å². The average molecular weight is 241 g/mol. The van der Waals surface area contributed by atoms with Crippen molar-refractivity contribution < 1.29 is 14.7 Å². The number of aliphatic hydroxyl groups excluding tert-OH is 1. The molecule has 0 atom stereocenters. The molecule has 0 radical (unpaired) electrons. The number of aromatic nitrogens is 3. The number of hydrogen-bond acceptors (Lipinski definition) is 5. The highest BCUT2D eigenvalue weighted by Gasteiger charge is 2.08. The highest BCUT2D eigenvalue weighted by molar-refractivity contribution is 5.94. The van der Waals surface area contributed by atoms with Crippen molar-refractivity contribution in [1.82, 2.24) is 25.6 Å². The molecule has 0 fully saturated rings. The molecule has 0 bridgehead atoms. The summed E-state index contributed by atoms with van der Waals surface area (Å²) in [5.74, 6) is -0.493. The van der Waals surface area contributed by atoms with Crippen LogP contribution < -0.4 is 10.6 Å². The summed E-state index contributed by atoms with van der Waals surface area (Å²) in [6, 6.07) is -0.528. The van der Waals surface area contributed by atoms with Crippen LogP contribution in [0.4, 0.5) is 4.79 Å². The molecule has 3 amide bonds. The second-order valence-corrected chi connectivity index (χ2v) is 3.37. The lowest BCUT2D eigenvalue weighted by molar-refractivity contribution is -0.120. The molecule has 1 rings (SSSR count). The number of aliphatic hydroxyl groups is 1. The van der Waals surface area contributed by atoms with Crippen LogP contribution in [0, 0.1) is 0 Å². The summed E-state index contributed by atoms with van der Waals surface area (Å²) in [6.07, 6.45) is 2.23.